The van der Waals surface area contributed by atoms with E-state index in [2.05, 4.69) is 0 Å². The van der Waals surface area contributed by atoms with Crippen LogP contribution in [-0.4, -0.2) is 19.9 Å². The van der Waals surface area contributed by atoms with Crippen molar-refractivity contribution < 1.29 is 18.1 Å². The van der Waals surface area contributed by atoms with Gasteiger partial charge in [-0.25, -0.2) is 8.42 Å². The molecule has 1 aromatic carbocycles. The summed E-state index contributed by atoms with van der Waals surface area (Å²) >= 11 is 0. The zero-order chi connectivity index (χ0) is 13.9. The molecule has 0 aliphatic rings. The first kappa shape index (κ1) is 14.7. The Bertz CT molecular complexity index is 570. The second-order valence-corrected chi connectivity index (χ2v) is 5.94. The van der Waals surface area contributed by atoms with Crippen molar-refractivity contribution in [3.63, 3.8) is 0 Å². The fourth-order valence-corrected chi connectivity index (χ4v) is 2.78. The molecule has 18 heavy (non-hydrogen) atoms. The summed E-state index contributed by atoms with van der Waals surface area (Å²) in [5, 5.41) is 10.7. The Kier molecular flexibility index (Phi) is 4.53. The molecule has 0 radical (unpaired) electrons. The fraction of sp³-hybridized carbons (Fsp3) is 0.400. The lowest BCUT2D eigenvalue weighted by Gasteiger charge is -2.11. The number of hydrogen-bond acceptors (Lipinski definition) is 5. The molecule has 1 aromatic rings. The topological polar surface area (TPSA) is 86.5 Å². The lowest BCUT2D eigenvalue weighted by molar-refractivity contribution is -0.385. The molecule has 0 N–H and O–H groups in total. The quantitative estimate of drug-likeness (QED) is 0.473. The van der Waals surface area contributed by atoms with Crippen LogP contribution in [0.25, 0.3) is 0 Å². The second kappa shape index (κ2) is 5.53. The third kappa shape index (κ3) is 3.11. The van der Waals surface area contributed by atoms with Crippen molar-refractivity contribution in [3.8, 4) is 5.75 Å². The lowest BCUT2D eigenvalue weighted by Crippen LogP contribution is -2.04. The monoisotopic (exact) mass is 293 g/mol. The Morgan fingerprint density at radius 2 is 2.00 bits per heavy atom. The molecule has 0 unspecified atom stereocenters. The van der Waals surface area contributed by atoms with Gasteiger partial charge in [0.2, 0.25) is 0 Å². The molecule has 0 aromatic heterocycles. The first-order chi connectivity index (χ1) is 8.31. The zero-order valence-electron chi connectivity index (χ0n) is 9.84. The molecule has 0 heterocycles. The van der Waals surface area contributed by atoms with Gasteiger partial charge in [0.25, 0.3) is 14.7 Å². The summed E-state index contributed by atoms with van der Waals surface area (Å²) in [4.78, 5) is 9.79. The van der Waals surface area contributed by atoms with Crippen LogP contribution in [0.15, 0.2) is 17.0 Å². The Balaban J connectivity index is 3.61. The van der Waals surface area contributed by atoms with Gasteiger partial charge in [-0.3, -0.25) is 10.1 Å². The molecular formula is C10H12ClNO5S. The third-order valence-corrected chi connectivity index (χ3v) is 3.67. The summed E-state index contributed by atoms with van der Waals surface area (Å²) in [6.07, 6.45) is 0.342. The molecule has 0 aliphatic carbocycles. The van der Waals surface area contributed by atoms with E-state index in [-0.39, 0.29) is 22.9 Å². The summed E-state index contributed by atoms with van der Waals surface area (Å²) < 4.78 is 28.1. The van der Waals surface area contributed by atoms with E-state index in [0.717, 1.165) is 6.07 Å². The smallest absolute Gasteiger partial charge is 0.274 e. The van der Waals surface area contributed by atoms with Crippen LogP contribution in [-0.2, 0) is 15.5 Å². The minimum absolute atomic E-state index is 0.174. The molecule has 6 nitrogen and oxygen atoms in total. The van der Waals surface area contributed by atoms with Crippen molar-refractivity contribution in [1.29, 1.82) is 0 Å². The summed E-state index contributed by atoms with van der Waals surface area (Å²) in [7, 11) is 1.23. The van der Waals surface area contributed by atoms with Gasteiger partial charge < -0.3 is 4.74 Å². The van der Waals surface area contributed by atoms with Crippen molar-refractivity contribution in [2.24, 2.45) is 0 Å². The first-order valence-electron chi connectivity index (χ1n) is 5.20. The van der Waals surface area contributed by atoms with Crippen LogP contribution in [0.3, 0.4) is 0 Å². The van der Waals surface area contributed by atoms with Crippen LogP contribution in [0.1, 0.15) is 19.4 Å². The van der Waals surface area contributed by atoms with Gasteiger partial charge in [0.15, 0.2) is 0 Å². The molecule has 8 heteroatoms. The third-order valence-electron chi connectivity index (χ3n) is 2.28. The van der Waals surface area contributed by atoms with Crippen molar-refractivity contribution in [3.05, 3.63) is 27.8 Å². The van der Waals surface area contributed by atoms with Crippen LogP contribution >= 0.6 is 10.7 Å². The molecule has 100 valence electrons. The maximum absolute atomic E-state index is 11.4. The van der Waals surface area contributed by atoms with Crippen molar-refractivity contribution >= 4 is 25.4 Å². The number of ether oxygens (including phenoxy) is 1. The van der Waals surface area contributed by atoms with Gasteiger partial charge in [0.1, 0.15) is 5.75 Å². The van der Waals surface area contributed by atoms with E-state index in [4.69, 9.17) is 15.4 Å². The van der Waals surface area contributed by atoms with Gasteiger partial charge in [0, 0.05) is 22.3 Å². The van der Waals surface area contributed by atoms with E-state index in [0.29, 0.717) is 12.0 Å². The van der Waals surface area contributed by atoms with Crippen LogP contribution in [0, 0.1) is 10.1 Å². The molecule has 0 bridgehead atoms. The average molecular weight is 294 g/mol. The minimum Gasteiger partial charge on any atom is -0.493 e. The van der Waals surface area contributed by atoms with Crippen molar-refractivity contribution in [1.82, 2.24) is 0 Å². The number of hydrogen-bond donors (Lipinski definition) is 0. The van der Waals surface area contributed by atoms with Gasteiger partial charge in [-0.2, -0.15) is 0 Å². The predicted octanol–water partition coefficient (Wildman–Crippen LogP) is 2.48. The standard InChI is InChI=1S/C10H12ClNO5S/c1-3-8-9(17-4-2)5-7(12(13)14)6-10(8)18(11,15)16/h5-6H,3-4H2,1-2H3. The normalized spacial score (nSPS) is 11.3. The van der Waals surface area contributed by atoms with E-state index in [1.54, 1.807) is 13.8 Å². The molecule has 1 rings (SSSR count). The molecule has 0 fully saturated rings. The van der Waals surface area contributed by atoms with Crippen LogP contribution in [0.5, 0.6) is 5.75 Å². The van der Waals surface area contributed by atoms with E-state index in [9.17, 15) is 18.5 Å². The molecule has 0 aliphatic heterocycles. The highest BCUT2D eigenvalue weighted by Gasteiger charge is 2.23. The highest BCUT2D eigenvalue weighted by molar-refractivity contribution is 8.13. The molecule has 0 amide bonds. The van der Waals surface area contributed by atoms with Gasteiger partial charge in [0.05, 0.1) is 22.5 Å². The van der Waals surface area contributed by atoms with Crippen molar-refractivity contribution in [2.45, 2.75) is 25.2 Å². The molecule has 0 saturated carbocycles. The zero-order valence-corrected chi connectivity index (χ0v) is 11.4. The maximum atomic E-state index is 11.4. The van der Waals surface area contributed by atoms with E-state index in [1.807, 2.05) is 0 Å². The summed E-state index contributed by atoms with van der Waals surface area (Å²) in [5.74, 6) is 0.174. The van der Waals surface area contributed by atoms with E-state index in [1.165, 1.54) is 6.07 Å². The van der Waals surface area contributed by atoms with Gasteiger partial charge in [-0.1, -0.05) is 6.92 Å². The predicted molar refractivity (Wildman–Crippen MR) is 66.7 cm³/mol. The Morgan fingerprint density at radius 3 is 2.39 bits per heavy atom. The number of benzene rings is 1. The lowest BCUT2D eigenvalue weighted by atomic mass is 10.1. The van der Waals surface area contributed by atoms with E-state index >= 15 is 0 Å². The highest BCUT2D eigenvalue weighted by Crippen LogP contribution is 2.33. The Labute approximate surface area is 109 Å². The van der Waals surface area contributed by atoms with Gasteiger partial charge in [-0.05, 0) is 13.3 Å². The van der Waals surface area contributed by atoms with Gasteiger partial charge in [-0.15, -0.1) is 0 Å². The molecule has 0 spiro atoms. The van der Waals surface area contributed by atoms with Crippen LogP contribution in [0.4, 0.5) is 5.69 Å². The summed E-state index contributed by atoms with van der Waals surface area (Å²) in [6.45, 7) is 3.69. The molecule has 0 saturated heterocycles. The first-order valence-corrected chi connectivity index (χ1v) is 7.51. The van der Waals surface area contributed by atoms with Gasteiger partial charge >= 0.3 is 0 Å². The number of non-ortho nitro benzene ring substituents is 1. The maximum Gasteiger partial charge on any atom is 0.274 e. The van der Waals surface area contributed by atoms with Crippen molar-refractivity contribution in [2.75, 3.05) is 6.61 Å². The number of nitro groups is 1. The van der Waals surface area contributed by atoms with Crippen LogP contribution < -0.4 is 4.74 Å². The highest BCUT2D eigenvalue weighted by atomic mass is 35.7. The Morgan fingerprint density at radius 1 is 1.39 bits per heavy atom. The fourth-order valence-electron chi connectivity index (χ4n) is 1.56. The largest absolute Gasteiger partial charge is 0.493 e. The SMILES string of the molecule is CCOc1cc([N+](=O)[O-])cc(S(=O)(=O)Cl)c1CC. The average Bonchev–Trinajstić information content (AvgIpc) is 2.27. The number of nitrogens with zero attached hydrogens (tertiary/aromatic N) is 1. The molecular weight excluding hydrogens is 282 g/mol. The Hall–Kier alpha value is -1.34. The summed E-state index contributed by atoms with van der Waals surface area (Å²) in [6, 6.07) is 2.15. The second-order valence-electron chi connectivity index (χ2n) is 3.40. The number of rotatable bonds is 5. The van der Waals surface area contributed by atoms with E-state index < -0.39 is 14.0 Å². The summed E-state index contributed by atoms with van der Waals surface area (Å²) in [5.41, 5.74) is -0.0210. The number of nitro benzene ring substituents is 1. The number of halogens is 1. The minimum atomic E-state index is -4.05. The van der Waals surface area contributed by atoms with Crippen LogP contribution in [0.2, 0.25) is 0 Å². The molecule has 0 atom stereocenters.